The van der Waals surface area contributed by atoms with E-state index in [4.69, 9.17) is 0 Å². The van der Waals surface area contributed by atoms with Gasteiger partial charge in [0.25, 0.3) is 0 Å². The van der Waals surface area contributed by atoms with Gasteiger partial charge in [0.1, 0.15) is 0 Å². The average molecular weight is 280 g/mol. The highest BCUT2D eigenvalue weighted by Crippen LogP contribution is 2.48. The predicted octanol–water partition coefficient (Wildman–Crippen LogP) is 3.30. The van der Waals surface area contributed by atoms with E-state index in [2.05, 4.69) is 35.4 Å². The molecular weight excluding hydrogens is 260 g/mol. The van der Waals surface area contributed by atoms with Crippen molar-refractivity contribution in [2.24, 2.45) is 0 Å². The summed E-state index contributed by atoms with van der Waals surface area (Å²) in [6, 6.07) is 12.2. The van der Waals surface area contributed by atoms with Crippen LogP contribution in [-0.2, 0) is 10.2 Å². The molecular formula is C18H20N2O. The third kappa shape index (κ3) is 2.68. The van der Waals surface area contributed by atoms with Crippen LogP contribution in [0.25, 0.3) is 0 Å². The minimum absolute atomic E-state index is 0.00258. The Kier molecular flexibility index (Phi) is 3.50. The highest BCUT2D eigenvalue weighted by molar-refractivity contribution is 5.91. The van der Waals surface area contributed by atoms with Crippen LogP contribution in [0.15, 0.2) is 48.8 Å². The van der Waals surface area contributed by atoms with E-state index in [1.54, 1.807) is 12.4 Å². The molecule has 1 aromatic carbocycles. The van der Waals surface area contributed by atoms with E-state index in [0.29, 0.717) is 0 Å². The minimum atomic E-state index is -0.312. The first kappa shape index (κ1) is 13.8. The highest BCUT2D eigenvalue weighted by Gasteiger charge is 2.51. The number of nitrogens with one attached hydrogen (secondary N) is 1. The van der Waals surface area contributed by atoms with Gasteiger partial charge in [0, 0.05) is 12.4 Å². The van der Waals surface area contributed by atoms with Crippen LogP contribution in [0, 0.1) is 6.92 Å². The summed E-state index contributed by atoms with van der Waals surface area (Å²) in [6.07, 6.45) is 5.38. The van der Waals surface area contributed by atoms with Crippen molar-refractivity contribution in [1.29, 1.82) is 0 Å². The molecule has 1 aliphatic carbocycles. The van der Waals surface area contributed by atoms with E-state index in [9.17, 15) is 4.79 Å². The summed E-state index contributed by atoms with van der Waals surface area (Å²) >= 11 is 0. The minimum Gasteiger partial charge on any atom is -0.349 e. The van der Waals surface area contributed by atoms with Gasteiger partial charge < -0.3 is 5.32 Å². The molecule has 1 heterocycles. The van der Waals surface area contributed by atoms with Crippen molar-refractivity contribution in [3.05, 3.63) is 65.5 Å². The molecule has 1 saturated carbocycles. The maximum absolute atomic E-state index is 12.7. The predicted molar refractivity (Wildman–Crippen MR) is 82.9 cm³/mol. The van der Waals surface area contributed by atoms with Gasteiger partial charge >= 0.3 is 0 Å². The number of carbonyl (C=O) groups excluding carboxylic acids is 1. The Morgan fingerprint density at radius 1 is 1.24 bits per heavy atom. The molecule has 21 heavy (non-hydrogen) atoms. The molecule has 3 rings (SSSR count). The molecule has 2 aromatic rings. The molecule has 1 amide bonds. The van der Waals surface area contributed by atoms with E-state index in [0.717, 1.165) is 24.0 Å². The van der Waals surface area contributed by atoms with E-state index < -0.39 is 0 Å². The van der Waals surface area contributed by atoms with Crippen molar-refractivity contribution in [3.63, 3.8) is 0 Å². The van der Waals surface area contributed by atoms with Gasteiger partial charge in [0.2, 0.25) is 5.91 Å². The second-order valence-electron chi connectivity index (χ2n) is 5.93. The average Bonchev–Trinajstić information content (AvgIpc) is 3.30. The van der Waals surface area contributed by atoms with Crippen molar-refractivity contribution in [3.8, 4) is 0 Å². The largest absolute Gasteiger partial charge is 0.349 e. The van der Waals surface area contributed by atoms with Crippen molar-refractivity contribution in [2.45, 2.75) is 38.1 Å². The van der Waals surface area contributed by atoms with Gasteiger partial charge in [-0.1, -0.05) is 29.8 Å². The van der Waals surface area contributed by atoms with Crippen LogP contribution in [0.4, 0.5) is 0 Å². The molecule has 1 atom stereocenters. The first-order valence-corrected chi connectivity index (χ1v) is 7.40. The monoisotopic (exact) mass is 280 g/mol. The fraction of sp³-hybridized carbons (Fsp3) is 0.333. The molecule has 1 aliphatic rings. The van der Waals surface area contributed by atoms with Gasteiger partial charge in [-0.15, -0.1) is 0 Å². The first-order valence-electron chi connectivity index (χ1n) is 7.40. The lowest BCUT2D eigenvalue weighted by atomic mass is 9.93. The number of aryl methyl sites for hydroxylation is 1. The number of pyridine rings is 1. The zero-order valence-corrected chi connectivity index (χ0v) is 12.5. The van der Waals surface area contributed by atoms with Crippen LogP contribution in [0.5, 0.6) is 0 Å². The lowest BCUT2D eigenvalue weighted by Gasteiger charge is -2.20. The lowest BCUT2D eigenvalue weighted by Crippen LogP contribution is -2.36. The number of rotatable bonds is 4. The molecule has 108 valence electrons. The second kappa shape index (κ2) is 5.32. The standard InChI is InChI=1S/C18H20N2O/c1-13-4-3-5-16(12-13)18(8-9-18)17(21)20-14(2)15-6-10-19-11-7-15/h3-7,10-12,14H,8-9H2,1-2H3,(H,20,21). The Hall–Kier alpha value is -2.16. The highest BCUT2D eigenvalue weighted by atomic mass is 16.2. The third-order valence-corrected chi connectivity index (χ3v) is 4.31. The summed E-state index contributed by atoms with van der Waals surface area (Å²) < 4.78 is 0. The molecule has 1 fully saturated rings. The number of nitrogens with zero attached hydrogens (tertiary/aromatic N) is 1. The fourth-order valence-corrected chi connectivity index (χ4v) is 2.78. The molecule has 0 saturated heterocycles. The molecule has 0 bridgehead atoms. The lowest BCUT2D eigenvalue weighted by molar-refractivity contribution is -0.124. The Balaban J connectivity index is 1.76. The number of amides is 1. The van der Waals surface area contributed by atoms with Crippen LogP contribution < -0.4 is 5.32 Å². The van der Waals surface area contributed by atoms with Gasteiger partial charge in [0.05, 0.1) is 11.5 Å². The number of hydrogen-bond acceptors (Lipinski definition) is 2. The smallest absolute Gasteiger partial charge is 0.231 e. The number of aromatic nitrogens is 1. The Morgan fingerprint density at radius 3 is 2.57 bits per heavy atom. The Bertz CT molecular complexity index is 647. The van der Waals surface area contributed by atoms with Crippen LogP contribution in [0.2, 0.25) is 0 Å². The molecule has 1 aromatic heterocycles. The zero-order chi connectivity index (χ0) is 14.9. The topological polar surface area (TPSA) is 42.0 Å². The van der Waals surface area contributed by atoms with Gasteiger partial charge in [-0.05, 0) is 49.9 Å². The second-order valence-corrected chi connectivity index (χ2v) is 5.93. The molecule has 3 nitrogen and oxygen atoms in total. The SMILES string of the molecule is Cc1cccc(C2(C(=O)NC(C)c3ccncc3)CC2)c1. The van der Waals surface area contributed by atoms with E-state index >= 15 is 0 Å². The van der Waals surface area contributed by atoms with Crippen LogP contribution in [0.1, 0.15) is 42.5 Å². The van der Waals surface area contributed by atoms with E-state index in [1.165, 1.54) is 5.56 Å². The van der Waals surface area contributed by atoms with E-state index in [1.807, 2.05) is 25.1 Å². The Labute approximate surface area is 125 Å². The quantitative estimate of drug-likeness (QED) is 0.933. The fourth-order valence-electron chi connectivity index (χ4n) is 2.78. The zero-order valence-electron chi connectivity index (χ0n) is 12.5. The van der Waals surface area contributed by atoms with Crippen LogP contribution >= 0.6 is 0 Å². The van der Waals surface area contributed by atoms with Crippen LogP contribution in [0.3, 0.4) is 0 Å². The summed E-state index contributed by atoms with van der Waals surface area (Å²) in [5.41, 5.74) is 3.11. The molecule has 0 radical (unpaired) electrons. The molecule has 1 N–H and O–H groups in total. The third-order valence-electron chi connectivity index (χ3n) is 4.31. The number of hydrogen-bond donors (Lipinski definition) is 1. The summed E-state index contributed by atoms with van der Waals surface area (Å²) in [5, 5.41) is 3.15. The summed E-state index contributed by atoms with van der Waals surface area (Å²) in [7, 11) is 0. The van der Waals surface area contributed by atoms with Crippen LogP contribution in [-0.4, -0.2) is 10.9 Å². The first-order chi connectivity index (χ1) is 10.1. The maximum atomic E-state index is 12.7. The van der Waals surface area contributed by atoms with Gasteiger partial charge in [0.15, 0.2) is 0 Å². The van der Waals surface area contributed by atoms with Crippen molar-refractivity contribution in [1.82, 2.24) is 10.3 Å². The summed E-state index contributed by atoms with van der Waals surface area (Å²) in [4.78, 5) is 16.7. The van der Waals surface area contributed by atoms with Crippen molar-refractivity contribution >= 4 is 5.91 Å². The normalized spacial score (nSPS) is 17.0. The van der Waals surface area contributed by atoms with Crippen molar-refractivity contribution < 1.29 is 4.79 Å². The van der Waals surface area contributed by atoms with Gasteiger partial charge in [-0.2, -0.15) is 0 Å². The maximum Gasteiger partial charge on any atom is 0.231 e. The number of carbonyl (C=O) groups is 1. The molecule has 3 heteroatoms. The van der Waals surface area contributed by atoms with Gasteiger partial charge in [-0.25, -0.2) is 0 Å². The van der Waals surface area contributed by atoms with E-state index in [-0.39, 0.29) is 17.4 Å². The Morgan fingerprint density at radius 2 is 1.95 bits per heavy atom. The van der Waals surface area contributed by atoms with Gasteiger partial charge in [-0.3, -0.25) is 9.78 Å². The molecule has 1 unspecified atom stereocenters. The molecule has 0 aliphatic heterocycles. The van der Waals surface area contributed by atoms with Crippen molar-refractivity contribution in [2.75, 3.05) is 0 Å². The number of benzene rings is 1. The summed E-state index contributed by atoms with van der Waals surface area (Å²) in [5.74, 6) is 0.136. The molecule has 0 spiro atoms. The summed E-state index contributed by atoms with van der Waals surface area (Å²) in [6.45, 7) is 4.08.